The number of halogens is 1. The zero-order chi connectivity index (χ0) is 26.8. The molecule has 0 fully saturated rings. The molecule has 0 aliphatic rings. The number of amides is 1. The smallest absolute Gasteiger partial charge is 0.271 e. The van der Waals surface area contributed by atoms with Crippen molar-refractivity contribution >= 4 is 29.7 Å². The van der Waals surface area contributed by atoms with Crippen molar-refractivity contribution in [3.8, 4) is 11.5 Å². The van der Waals surface area contributed by atoms with Crippen LogP contribution in [-0.2, 0) is 12.0 Å². The summed E-state index contributed by atoms with van der Waals surface area (Å²) in [6, 6.07) is 3.41. The summed E-state index contributed by atoms with van der Waals surface area (Å²) in [6.07, 6.45) is 0. The number of rotatable bonds is 8. The van der Waals surface area contributed by atoms with E-state index in [1.165, 1.54) is 9.20 Å². The minimum Gasteiger partial charge on any atom is -0.493 e. The topological polar surface area (TPSA) is 132 Å². The van der Waals surface area contributed by atoms with Crippen LogP contribution in [0.25, 0.3) is 5.65 Å². The van der Waals surface area contributed by atoms with E-state index in [1.807, 2.05) is 27.7 Å². The number of fused-ring (bicyclic) bond motifs is 1. The number of benzene rings is 1. The maximum Gasteiger partial charge on any atom is 0.271 e. The van der Waals surface area contributed by atoms with Crippen LogP contribution in [0.5, 0.6) is 11.5 Å². The number of methoxy groups -OCH3 is 1. The van der Waals surface area contributed by atoms with Crippen LogP contribution in [-0.4, -0.2) is 70.6 Å². The fourth-order valence-electron chi connectivity index (χ4n) is 3.92. The van der Waals surface area contributed by atoms with Gasteiger partial charge in [-0.05, 0) is 37.0 Å². The summed E-state index contributed by atoms with van der Waals surface area (Å²) in [7, 11) is 4.66. The van der Waals surface area contributed by atoms with E-state index in [0.717, 1.165) is 11.1 Å². The van der Waals surface area contributed by atoms with Crippen LogP contribution in [0.2, 0.25) is 0 Å². The van der Waals surface area contributed by atoms with Gasteiger partial charge < -0.3 is 19.9 Å². The summed E-state index contributed by atoms with van der Waals surface area (Å²) < 4.78 is 14.2. The van der Waals surface area contributed by atoms with Crippen molar-refractivity contribution in [2.24, 2.45) is 4.99 Å². The minimum atomic E-state index is -0.339. The number of aromatic nitrogens is 4. The summed E-state index contributed by atoms with van der Waals surface area (Å²) in [6.45, 7) is 9.48. The van der Waals surface area contributed by atoms with Gasteiger partial charge in [-0.15, -0.1) is 17.5 Å². The highest BCUT2D eigenvalue weighted by atomic mass is 35.5. The number of hydrogen-bond acceptors (Lipinski definition) is 8. The Hall–Kier alpha value is -3.44. The molecular weight excluding hydrogens is 500 g/mol. The van der Waals surface area contributed by atoms with Gasteiger partial charge in [0.1, 0.15) is 13.2 Å². The van der Waals surface area contributed by atoms with Gasteiger partial charge in [-0.2, -0.15) is 9.61 Å². The molecule has 3 rings (SSSR count). The molecule has 3 aromatic rings. The lowest BCUT2D eigenvalue weighted by atomic mass is 9.84. The van der Waals surface area contributed by atoms with Gasteiger partial charge in [0.25, 0.3) is 5.91 Å². The molecule has 0 bridgehead atoms. The highest BCUT2D eigenvalue weighted by Gasteiger charge is 2.26. The Labute approximate surface area is 221 Å². The van der Waals surface area contributed by atoms with Crippen LogP contribution in [0.3, 0.4) is 0 Å². The highest BCUT2D eigenvalue weighted by Crippen LogP contribution is 2.40. The van der Waals surface area contributed by atoms with E-state index in [9.17, 15) is 14.7 Å². The molecule has 202 valence electrons. The molecule has 2 N–H and O–H groups in total. The Balaban J connectivity index is 0.00000481. The number of carbonyl (C=O) groups excluding carboxylic acids is 2. The molecule has 11 nitrogen and oxygen atoms in total. The van der Waals surface area contributed by atoms with Crippen LogP contribution in [0, 0.1) is 13.8 Å². The van der Waals surface area contributed by atoms with E-state index in [1.54, 1.807) is 40.3 Å². The number of nitrogens with one attached hydrogen (secondary N) is 1. The maximum atomic E-state index is 13.5. The van der Waals surface area contributed by atoms with Gasteiger partial charge in [0, 0.05) is 30.8 Å². The van der Waals surface area contributed by atoms with Gasteiger partial charge in [0.15, 0.2) is 28.6 Å². The minimum absolute atomic E-state index is 0. The lowest BCUT2D eigenvalue weighted by molar-refractivity contribution is 0.0950. The number of Topliss-reactive ketones (excluding diaryl/α,β-unsaturated/α-hetero) is 1. The standard InChI is InChI=1S/C25H34N6O5.ClH/c1-14-15(2)22-29-30(24(27-7)31(22)28-20(14)23(34)26-6)13-18(33)16-11-17(25(3,4)5)21(35-8)19(12-16)36-10-9-32;/h11-12,32H,9-10,13H2,1-8H3,(H,26,34);1H/b27-24+;. The number of ketones is 1. The van der Waals surface area contributed by atoms with Crippen LogP contribution in [0.15, 0.2) is 17.1 Å². The molecular formula is C25H35ClN6O5. The maximum absolute atomic E-state index is 13.5. The predicted octanol–water partition coefficient (Wildman–Crippen LogP) is 2.02. The third kappa shape index (κ3) is 5.78. The van der Waals surface area contributed by atoms with E-state index in [-0.39, 0.29) is 55.0 Å². The molecule has 0 atom stereocenters. The van der Waals surface area contributed by atoms with Crippen molar-refractivity contribution < 1.29 is 24.2 Å². The van der Waals surface area contributed by atoms with E-state index in [0.29, 0.717) is 33.9 Å². The fourth-order valence-corrected chi connectivity index (χ4v) is 3.92. The fraction of sp³-hybridized carbons (Fsp3) is 0.480. The van der Waals surface area contributed by atoms with E-state index >= 15 is 0 Å². The monoisotopic (exact) mass is 534 g/mol. The first kappa shape index (κ1) is 29.8. The number of nitrogens with zero attached hydrogens (tertiary/aromatic N) is 5. The number of carbonyl (C=O) groups is 2. The van der Waals surface area contributed by atoms with Crippen molar-refractivity contribution in [2.45, 2.75) is 46.6 Å². The molecule has 0 saturated heterocycles. The Morgan fingerprint density at radius 3 is 2.38 bits per heavy atom. The summed E-state index contributed by atoms with van der Waals surface area (Å²) in [5.41, 5.74) is 3.42. The number of hydrogen-bond donors (Lipinski definition) is 2. The summed E-state index contributed by atoms with van der Waals surface area (Å²) >= 11 is 0. The van der Waals surface area contributed by atoms with Crippen molar-refractivity contribution in [3.63, 3.8) is 0 Å². The number of ether oxygens (including phenoxy) is 2. The summed E-state index contributed by atoms with van der Waals surface area (Å²) in [5.74, 6) is 0.357. The Morgan fingerprint density at radius 2 is 1.84 bits per heavy atom. The Kier molecular flexibility index (Phi) is 9.45. The molecule has 37 heavy (non-hydrogen) atoms. The molecule has 1 aromatic carbocycles. The zero-order valence-corrected chi connectivity index (χ0v) is 23.3. The first-order valence-electron chi connectivity index (χ1n) is 11.6. The van der Waals surface area contributed by atoms with E-state index in [2.05, 4.69) is 20.5 Å². The van der Waals surface area contributed by atoms with E-state index < -0.39 is 0 Å². The van der Waals surface area contributed by atoms with Crippen LogP contribution < -0.4 is 20.4 Å². The lowest BCUT2D eigenvalue weighted by Crippen LogP contribution is -2.29. The SMILES string of the molecule is C/N=c1\n(CC(=O)c2cc(OCCO)c(OC)c(C(C)(C)C)c2)nc2c(C)c(C)c(C(=O)NC)nn12.Cl. The van der Waals surface area contributed by atoms with Gasteiger partial charge in [0.05, 0.1) is 13.7 Å². The Morgan fingerprint density at radius 1 is 1.16 bits per heavy atom. The lowest BCUT2D eigenvalue weighted by Gasteiger charge is -2.25. The molecule has 0 unspecified atom stereocenters. The number of aliphatic hydroxyl groups excluding tert-OH is 1. The molecule has 0 radical (unpaired) electrons. The van der Waals surface area contributed by atoms with Crippen LogP contribution >= 0.6 is 12.4 Å². The van der Waals surface area contributed by atoms with Crippen LogP contribution in [0.1, 0.15) is 58.3 Å². The first-order chi connectivity index (χ1) is 17.0. The zero-order valence-electron chi connectivity index (χ0n) is 22.5. The largest absolute Gasteiger partial charge is 0.493 e. The first-order valence-corrected chi connectivity index (χ1v) is 11.6. The summed E-state index contributed by atoms with van der Waals surface area (Å²) in [4.78, 5) is 30.1. The van der Waals surface area contributed by atoms with Crippen molar-refractivity contribution in [1.82, 2.24) is 24.7 Å². The normalized spacial score (nSPS) is 11.9. The van der Waals surface area contributed by atoms with E-state index in [4.69, 9.17) is 9.47 Å². The van der Waals surface area contributed by atoms with Gasteiger partial charge in [-0.3, -0.25) is 14.6 Å². The van der Waals surface area contributed by atoms with Crippen molar-refractivity contribution in [2.75, 3.05) is 34.4 Å². The second-order valence-corrected chi connectivity index (χ2v) is 9.39. The number of aryl methyl sites for hydroxylation is 1. The molecule has 0 aliphatic heterocycles. The second-order valence-electron chi connectivity index (χ2n) is 9.39. The molecule has 0 aliphatic carbocycles. The van der Waals surface area contributed by atoms with Gasteiger partial charge in [0.2, 0.25) is 5.62 Å². The van der Waals surface area contributed by atoms with Crippen LogP contribution in [0.4, 0.5) is 0 Å². The molecule has 12 heteroatoms. The van der Waals surface area contributed by atoms with Crippen molar-refractivity contribution in [1.29, 1.82) is 0 Å². The molecule has 0 saturated carbocycles. The molecule has 0 spiro atoms. The number of aliphatic hydroxyl groups is 1. The second kappa shape index (κ2) is 11.7. The summed E-state index contributed by atoms with van der Waals surface area (Å²) in [5, 5.41) is 20.9. The average Bonchev–Trinajstić information content (AvgIpc) is 3.19. The van der Waals surface area contributed by atoms with Crippen molar-refractivity contribution in [3.05, 3.63) is 45.7 Å². The predicted molar refractivity (Wildman–Crippen MR) is 141 cm³/mol. The van der Waals surface area contributed by atoms with Gasteiger partial charge in [-0.1, -0.05) is 20.8 Å². The highest BCUT2D eigenvalue weighted by molar-refractivity contribution is 5.97. The average molecular weight is 535 g/mol. The van der Waals surface area contributed by atoms with Gasteiger partial charge >= 0.3 is 0 Å². The molecule has 1 amide bonds. The Bertz CT molecular complexity index is 1390. The molecule has 2 heterocycles. The molecule has 2 aromatic heterocycles. The quantitative estimate of drug-likeness (QED) is 0.422. The van der Waals surface area contributed by atoms with Gasteiger partial charge in [-0.25, -0.2) is 4.68 Å². The third-order valence-electron chi connectivity index (χ3n) is 5.96. The third-order valence-corrected chi connectivity index (χ3v) is 5.96.